The van der Waals surface area contributed by atoms with E-state index in [4.69, 9.17) is 14.9 Å². The number of carbonyl (C=O) groups is 2. The molecule has 1 aliphatic rings. The summed E-state index contributed by atoms with van der Waals surface area (Å²) >= 11 is 0. The topological polar surface area (TPSA) is 87.1 Å². The third-order valence-corrected chi connectivity index (χ3v) is 3.12. The summed E-state index contributed by atoms with van der Waals surface area (Å²) in [6.45, 7) is 0.449. The van der Waals surface area contributed by atoms with Crippen LogP contribution in [0.15, 0.2) is 30.3 Å². The molecule has 1 aromatic carbocycles. The molecule has 0 aliphatic carbocycles. The van der Waals surface area contributed by atoms with Crippen molar-refractivity contribution in [2.24, 2.45) is 0 Å². The number of benzene rings is 1. The second-order valence-electron chi connectivity index (χ2n) is 4.44. The van der Waals surface area contributed by atoms with Crippen LogP contribution >= 0.6 is 0 Å². The number of hydrogen-bond donors (Lipinski definition) is 2. The summed E-state index contributed by atoms with van der Waals surface area (Å²) in [6, 6.07) is 8.45. The zero-order valence-corrected chi connectivity index (χ0v) is 10.2. The first kappa shape index (κ1) is 13.4. The van der Waals surface area contributed by atoms with Gasteiger partial charge in [-0.2, -0.15) is 0 Å². The first-order chi connectivity index (χ1) is 9.08. The molecule has 0 unspecified atom stereocenters. The lowest BCUT2D eigenvalue weighted by molar-refractivity contribution is -0.141. The highest BCUT2D eigenvalue weighted by molar-refractivity contribution is 5.80. The first-order valence-electron chi connectivity index (χ1n) is 5.96. The molecule has 0 saturated carbocycles. The van der Waals surface area contributed by atoms with Crippen LogP contribution in [0, 0.1) is 0 Å². The summed E-state index contributed by atoms with van der Waals surface area (Å²) < 4.78 is 5.58. The molecular weight excluding hydrogens is 250 g/mol. The molecule has 1 aromatic rings. The summed E-state index contributed by atoms with van der Waals surface area (Å²) in [4.78, 5) is 22.8. The van der Waals surface area contributed by atoms with E-state index in [1.807, 2.05) is 30.3 Å². The van der Waals surface area contributed by atoms with Gasteiger partial charge in [0.05, 0.1) is 19.3 Å². The Balaban J connectivity index is 1.93. The second kappa shape index (κ2) is 5.71. The molecule has 2 rings (SSSR count). The Morgan fingerprint density at radius 3 is 2.47 bits per heavy atom. The van der Waals surface area contributed by atoms with E-state index in [1.165, 1.54) is 0 Å². The zero-order valence-electron chi connectivity index (χ0n) is 10.2. The van der Waals surface area contributed by atoms with Gasteiger partial charge in [-0.25, -0.2) is 9.59 Å². The predicted octanol–water partition coefficient (Wildman–Crippen LogP) is 1.41. The van der Waals surface area contributed by atoms with Crippen molar-refractivity contribution >= 4 is 12.1 Å². The summed E-state index contributed by atoms with van der Waals surface area (Å²) in [5, 5.41) is 17.9. The number of hydrogen-bond acceptors (Lipinski definition) is 3. The average Bonchev–Trinajstić information content (AvgIpc) is 2.82. The van der Waals surface area contributed by atoms with Gasteiger partial charge in [-0.05, 0) is 5.56 Å². The maximum absolute atomic E-state index is 11.0. The number of amides is 1. The molecule has 0 bridgehead atoms. The zero-order chi connectivity index (χ0) is 13.8. The summed E-state index contributed by atoms with van der Waals surface area (Å²) in [6.07, 6.45) is -1.41. The third-order valence-electron chi connectivity index (χ3n) is 3.12. The number of ether oxygens (including phenoxy) is 1. The molecule has 0 radical (unpaired) electrons. The molecule has 1 saturated heterocycles. The van der Waals surface area contributed by atoms with Crippen molar-refractivity contribution in [2.75, 3.05) is 6.54 Å². The Bertz CT molecular complexity index is 439. The van der Waals surface area contributed by atoms with Crippen LogP contribution in [0.25, 0.3) is 0 Å². The van der Waals surface area contributed by atoms with Crippen LogP contribution in [-0.2, 0) is 16.1 Å². The van der Waals surface area contributed by atoms with Crippen molar-refractivity contribution in [3.63, 3.8) is 0 Å². The number of aliphatic carboxylic acids is 1. The fourth-order valence-electron chi connectivity index (χ4n) is 2.15. The van der Waals surface area contributed by atoms with Gasteiger partial charge >= 0.3 is 12.1 Å². The van der Waals surface area contributed by atoms with E-state index >= 15 is 0 Å². The fraction of sp³-hybridized carbons (Fsp3) is 0.385. The molecule has 102 valence electrons. The van der Waals surface area contributed by atoms with E-state index < -0.39 is 18.1 Å². The third kappa shape index (κ3) is 3.23. The van der Waals surface area contributed by atoms with E-state index in [0.29, 0.717) is 6.61 Å². The Morgan fingerprint density at radius 2 is 1.95 bits per heavy atom. The average molecular weight is 265 g/mol. The maximum Gasteiger partial charge on any atom is 0.408 e. The van der Waals surface area contributed by atoms with Crippen LogP contribution < -0.4 is 0 Å². The molecule has 0 aromatic heterocycles. The van der Waals surface area contributed by atoms with E-state index in [-0.39, 0.29) is 19.1 Å². The summed E-state index contributed by atoms with van der Waals surface area (Å²) in [5.41, 5.74) is 0.975. The lowest BCUT2D eigenvalue weighted by Gasteiger charge is -2.16. The van der Waals surface area contributed by atoms with Crippen LogP contribution in [0.5, 0.6) is 0 Å². The minimum Gasteiger partial charge on any atom is -0.480 e. The van der Waals surface area contributed by atoms with E-state index in [9.17, 15) is 9.59 Å². The Hall–Kier alpha value is -2.08. The Labute approximate surface area is 110 Å². The van der Waals surface area contributed by atoms with Gasteiger partial charge < -0.3 is 14.9 Å². The molecule has 2 N–H and O–H groups in total. The molecule has 1 aliphatic heterocycles. The Morgan fingerprint density at radius 1 is 1.26 bits per heavy atom. The van der Waals surface area contributed by atoms with Crippen molar-refractivity contribution in [3.8, 4) is 0 Å². The maximum atomic E-state index is 11.0. The fourth-order valence-corrected chi connectivity index (χ4v) is 2.15. The normalized spacial score (nSPS) is 22.4. The number of rotatable bonds is 4. The minimum atomic E-state index is -1.22. The number of nitrogens with zero attached hydrogens (tertiary/aromatic N) is 1. The molecule has 1 heterocycles. The van der Waals surface area contributed by atoms with Crippen molar-refractivity contribution in [3.05, 3.63) is 35.9 Å². The monoisotopic (exact) mass is 265 g/mol. The quantitative estimate of drug-likeness (QED) is 0.859. The molecular formula is C13H15NO5. The molecule has 0 spiro atoms. The van der Waals surface area contributed by atoms with Crippen molar-refractivity contribution in [1.82, 2.24) is 4.90 Å². The first-order valence-corrected chi connectivity index (χ1v) is 5.96. The van der Waals surface area contributed by atoms with E-state index in [2.05, 4.69) is 0 Å². The van der Waals surface area contributed by atoms with Crippen LogP contribution in [0.1, 0.15) is 12.0 Å². The highest BCUT2D eigenvalue weighted by Crippen LogP contribution is 2.21. The van der Waals surface area contributed by atoms with Gasteiger partial charge in [-0.1, -0.05) is 30.3 Å². The molecule has 1 fully saturated rings. The summed E-state index contributed by atoms with van der Waals surface area (Å²) in [5.74, 6) is -1.13. The van der Waals surface area contributed by atoms with Crippen molar-refractivity contribution in [2.45, 2.75) is 25.2 Å². The number of carboxylic acid groups (broad SMARTS) is 2. The lowest BCUT2D eigenvalue weighted by Crippen LogP contribution is -2.39. The minimum absolute atomic E-state index is 0.0964. The van der Waals surface area contributed by atoms with Crippen LogP contribution in [0.2, 0.25) is 0 Å². The van der Waals surface area contributed by atoms with Gasteiger partial charge in [0, 0.05) is 6.42 Å². The van der Waals surface area contributed by atoms with E-state index in [1.54, 1.807) is 0 Å². The standard InChI is InChI=1S/C13H15NO5/c15-12(16)11-6-10(7-14(11)13(17)18)19-8-9-4-2-1-3-5-9/h1-5,10-11H,6-8H2,(H,15,16)(H,17,18)/t10-,11-/m1/s1. The summed E-state index contributed by atoms with van der Waals surface area (Å²) in [7, 11) is 0. The van der Waals surface area contributed by atoms with Gasteiger partial charge in [-0.3, -0.25) is 4.90 Å². The van der Waals surface area contributed by atoms with Crippen LogP contribution in [-0.4, -0.2) is 45.9 Å². The highest BCUT2D eigenvalue weighted by atomic mass is 16.5. The van der Waals surface area contributed by atoms with Gasteiger partial charge in [0.1, 0.15) is 6.04 Å². The van der Waals surface area contributed by atoms with Gasteiger partial charge in [0.15, 0.2) is 0 Å². The highest BCUT2D eigenvalue weighted by Gasteiger charge is 2.40. The predicted molar refractivity (Wildman–Crippen MR) is 65.8 cm³/mol. The molecule has 2 atom stereocenters. The van der Waals surface area contributed by atoms with Crippen LogP contribution in [0.4, 0.5) is 4.79 Å². The molecule has 1 amide bonds. The van der Waals surface area contributed by atoms with Crippen LogP contribution in [0.3, 0.4) is 0 Å². The number of carboxylic acids is 1. The number of likely N-dealkylation sites (tertiary alicyclic amines) is 1. The smallest absolute Gasteiger partial charge is 0.408 e. The Kier molecular flexibility index (Phi) is 4.01. The molecule has 19 heavy (non-hydrogen) atoms. The molecule has 6 heteroatoms. The van der Waals surface area contributed by atoms with Crippen molar-refractivity contribution < 1.29 is 24.5 Å². The van der Waals surface area contributed by atoms with Gasteiger partial charge in [-0.15, -0.1) is 0 Å². The van der Waals surface area contributed by atoms with Crippen molar-refractivity contribution in [1.29, 1.82) is 0 Å². The largest absolute Gasteiger partial charge is 0.480 e. The van der Waals surface area contributed by atoms with Gasteiger partial charge in [0.2, 0.25) is 0 Å². The molecule has 6 nitrogen and oxygen atoms in total. The lowest BCUT2D eigenvalue weighted by atomic mass is 10.2. The SMILES string of the molecule is O=C(O)[C@H]1C[C@@H](OCc2ccccc2)CN1C(=O)O. The van der Waals surface area contributed by atoms with Gasteiger partial charge in [0.25, 0.3) is 0 Å². The van der Waals surface area contributed by atoms with E-state index in [0.717, 1.165) is 10.5 Å². The second-order valence-corrected chi connectivity index (χ2v) is 4.44.